The molecule has 1 heterocycles. The topological polar surface area (TPSA) is 98.3 Å². The molecule has 0 aliphatic carbocycles. The first-order valence-corrected chi connectivity index (χ1v) is 5.76. The van der Waals surface area contributed by atoms with E-state index in [0.29, 0.717) is 12.2 Å². The molecule has 0 aliphatic rings. The van der Waals surface area contributed by atoms with Gasteiger partial charge in [0.15, 0.2) is 0 Å². The summed E-state index contributed by atoms with van der Waals surface area (Å²) in [6, 6.07) is -1.35. The van der Waals surface area contributed by atoms with Gasteiger partial charge in [-0.15, -0.1) is 0 Å². The molecule has 7 nitrogen and oxygen atoms in total. The largest absolute Gasteiger partial charge is 0.480 e. The summed E-state index contributed by atoms with van der Waals surface area (Å²) in [6.07, 6.45) is 4.01. The fraction of sp³-hybridized carbons (Fsp3) is 0.545. The first kappa shape index (κ1) is 14.0. The minimum absolute atomic E-state index is 0.182. The zero-order valence-electron chi connectivity index (χ0n) is 10.5. The number of amides is 2. The molecule has 0 radical (unpaired) electrons. The summed E-state index contributed by atoms with van der Waals surface area (Å²) in [5.41, 5.74) is 0.667. The maximum atomic E-state index is 11.7. The van der Waals surface area contributed by atoms with Crippen LogP contribution in [0.4, 0.5) is 4.79 Å². The average Bonchev–Trinajstić information content (AvgIpc) is 2.81. The minimum atomic E-state index is -1.07. The highest BCUT2D eigenvalue weighted by Gasteiger charge is 2.22. The molecule has 0 aromatic carbocycles. The van der Waals surface area contributed by atoms with Crippen molar-refractivity contribution in [3.8, 4) is 0 Å². The molecule has 7 heteroatoms. The molecular weight excluding hydrogens is 236 g/mol. The molecule has 1 aromatic heterocycles. The van der Waals surface area contributed by atoms with E-state index in [4.69, 9.17) is 5.11 Å². The van der Waals surface area contributed by atoms with Gasteiger partial charge in [-0.3, -0.25) is 0 Å². The number of rotatable bonds is 6. The van der Waals surface area contributed by atoms with Gasteiger partial charge in [-0.1, -0.05) is 6.92 Å². The number of imidazole rings is 1. The monoisotopic (exact) mass is 254 g/mol. The van der Waals surface area contributed by atoms with E-state index >= 15 is 0 Å². The molecular formula is C11H18N4O3. The second-order valence-corrected chi connectivity index (χ2v) is 4.04. The van der Waals surface area contributed by atoms with Crippen LogP contribution in [0.5, 0.6) is 0 Å². The SMILES string of the molecule is CCCN(C)C(=O)N[C@@H](Cc1cnc[nH]1)C(=O)O. The number of carboxylic acids is 1. The normalized spacial score (nSPS) is 11.9. The number of nitrogens with one attached hydrogen (secondary N) is 2. The standard InChI is InChI=1S/C11H18N4O3/c1-3-4-15(2)11(18)14-9(10(16)17)5-8-6-12-7-13-8/h6-7,9H,3-5H2,1-2H3,(H,12,13)(H,14,18)(H,16,17)/t9-/m0/s1. The van der Waals surface area contributed by atoms with E-state index in [9.17, 15) is 9.59 Å². The summed E-state index contributed by atoms with van der Waals surface area (Å²) >= 11 is 0. The van der Waals surface area contributed by atoms with E-state index in [0.717, 1.165) is 6.42 Å². The van der Waals surface area contributed by atoms with Crippen LogP contribution in [0, 0.1) is 0 Å². The van der Waals surface area contributed by atoms with Crippen molar-refractivity contribution < 1.29 is 14.7 Å². The van der Waals surface area contributed by atoms with Crippen LogP contribution in [0.2, 0.25) is 0 Å². The molecule has 1 rings (SSSR count). The molecule has 3 N–H and O–H groups in total. The maximum absolute atomic E-state index is 11.7. The third kappa shape index (κ3) is 4.08. The number of nitrogens with zero attached hydrogens (tertiary/aromatic N) is 2. The van der Waals surface area contributed by atoms with Gasteiger partial charge in [-0.2, -0.15) is 0 Å². The van der Waals surface area contributed by atoms with Gasteiger partial charge in [0.1, 0.15) is 6.04 Å². The van der Waals surface area contributed by atoms with Crippen molar-refractivity contribution in [2.75, 3.05) is 13.6 Å². The lowest BCUT2D eigenvalue weighted by Crippen LogP contribution is -2.47. The smallest absolute Gasteiger partial charge is 0.326 e. The molecule has 2 amide bonds. The quantitative estimate of drug-likeness (QED) is 0.686. The van der Waals surface area contributed by atoms with E-state index in [1.807, 2.05) is 6.92 Å². The number of aromatic amines is 1. The number of hydrogen-bond donors (Lipinski definition) is 3. The molecule has 100 valence electrons. The van der Waals surface area contributed by atoms with Crippen LogP contribution in [0.25, 0.3) is 0 Å². The Hall–Kier alpha value is -2.05. The van der Waals surface area contributed by atoms with Gasteiger partial charge in [-0.05, 0) is 6.42 Å². The van der Waals surface area contributed by atoms with Gasteiger partial charge < -0.3 is 20.3 Å². The van der Waals surface area contributed by atoms with Gasteiger partial charge in [0.25, 0.3) is 0 Å². The maximum Gasteiger partial charge on any atom is 0.326 e. The number of urea groups is 1. The minimum Gasteiger partial charge on any atom is -0.480 e. The predicted octanol–water partition coefficient (Wildman–Crippen LogP) is 0.457. The number of hydrogen-bond acceptors (Lipinski definition) is 3. The molecule has 0 bridgehead atoms. The summed E-state index contributed by atoms with van der Waals surface area (Å²) in [5, 5.41) is 11.5. The molecule has 1 atom stereocenters. The summed E-state index contributed by atoms with van der Waals surface area (Å²) in [5.74, 6) is -1.07. The van der Waals surface area contributed by atoms with Crippen LogP contribution >= 0.6 is 0 Å². The van der Waals surface area contributed by atoms with Crippen molar-refractivity contribution in [2.24, 2.45) is 0 Å². The van der Waals surface area contributed by atoms with Gasteiger partial charge >= 0.3 is 12.0 Å². The summed E-state index contributed by atoms with van der Waals surface area (Å²) in [6.45, 7) is 2.53. The molecule has 1 aromatic rings. The highest BCUT2D eigenvalue weighted by molar-refractivity contribution is 5.82. The molecule has 0 aliphatic heterocycles. The van der Waals surface area contributed by atoms with Gasteiger partial charge in [-0.25, -0.2) is 14.6 Å². The Labute approximate surface area is 105 Å². The zero-order chi connectivity index (χ0) is 13.5. The second-order valence-electron chi connectivity index (χ2n) is 4.04. The molecule has 0 fully saturated rings. The summed E-state index contributed by atoms with van der Waals surface area (Å²) < 4.78 is 0. The third-order valence-electron chi connectivity index (χ3n) is 2.48. The zero-order valence-corrected chi connectivity index (χ0v) is 10.5. The number of aliphatic carboxylic acids is 1. The fourth-order valence-electron chi connectivity index (χ4n) is 1.51. The van der Waals surface area contributed by atoms with Crippen LogP contribution < -0.4 is 5.32 Å². The fourth-order valence-corrected chi connectivity index (χ4v) is 1.51. The van der Waals surface area contributed by atoms with Crippen molar-refractivity contribution >= 4 is 12.0 Å². The molecule has 18 heavy (non-hydrogen) atoms. The third-order valence-corrected chi connectivity index (χ3v) is 2.48. The van der Waals surface area contributed by atoms with Gasteiger partial charge in [0.2, 0.25) is 0 Å². The highest BCUT2D eigenvalue weighted by Crippen LogP contribution is 2.00. The van der Waals surface area contributed by atoms with Crippen LogP contribution in [0.3, 0.4) is 0 Å². The van der Waals surface area contributed by atoms with E-state index in [2.05, 4.69) is 15.3 Å². The number of aromatic nitrogens is 2. The van der Waals surface area contributed by atoms with Crippen molar-refractivity contribution in [1.29, 1.82) is 0 Å². The summed E-state index contributed by atoms with van der Waals surface area (Å²) in [7, 11) is 1.63. The lowest BCUT2D eigenvalue weighted by molar-refractivity contribution is -0.139. The van der Waals surface area contributed by atoms with E-state index in [1.165, 1.54) is 17.4 Å². The number of carbonyl (C=O) groups excluding carboxylic acids is 1. The van der Waals surface area contributed by atoms with E-state index in [1.54, 1.807) is 7.05 Å². The first-order chi connectivity index (χ1) is 8.54. The number of carboxylic acid groups (broad SMARTS) is 1. The Kier molecular flexibility index (Phi) is 5.16. The van der Waals surface area contributed by atoms with Crippen molar-refractivity contribution in [2.45, 2.75) is 25.8 Å². The Morgan fingerprint density at radius 2 is 2.33 bits per heavy atom. The Bertz CT molecular complexity index is 391. The second kappa shape index (κ2) is 6.63. The van der Waals surface area contributed by atoms with Crippen molar-refractivity contribution in [3.05, 3.63) is 18.2 Å². The summed E-state index contributed by atoms with van der Waals surface area (Å²) in [4.78, 5) is 30.9. The van der Waals surface area contributed by atoms with Crippen LogP contribution in [-0.2, 0) is 11.2 Å². The Morgan fingerprint density at radius 1 is 1.61 bits per heavy atom. The lowest BCUT2D eigenvalue weighted by Gasteiger charge is -2.20. The van der Waals surface area contributed by atoms with E-state index in [-0.39, 0.29) is 12.5 Å². The van der Waals surface area contributed by atoms with Gasteiger partial charge in [0, 0.05) is 31.9 Å². The van der Waals surface area contributed by atoms with Crippen LogP contribution in [-0.4, -0.2) is 51.6 Å². The van der Waals surface area contributed by atoms with Crippen molar-refractivity contribution in [1.82, 2.24) is 20.2 Å². The number of H-pyrrole nitrogens is 1. The molecule has 0 spiro atoms. The van der Waals surface area contributed by atoms with Gasteiger partial charge in [0.05, 0.1) is 6.33 Å². The average molecular weight is 254 g/mol. The first-order valence-electron chi connectivity index (χ1n) is 5.76. The van der Waals surface area contributed by atoms with Crippen molar-refractivity contribution in [3.63, 3.8) is 0 Å². The number of carbonyl (C=O) groups is 2. The Balaban J connectivity index is 2.58. The molecule has 0 unspecified atom stereocenters. The molecule has 0 saturated carbocycles. The van der Waals surface area contributed by atoms with Crippen LogP contribution in [0.15, 0.2) is 12.5 Å². The lowest BCUT2D eigenvalue weighted by atomic mass is 10.1. The van der Waals surface area contributed by atoms with Crippen LogP contribution in [0.1, 0.15) is 19.0 Å². The van der Waals surface area contributed by atoms with E-state index < -0.39 is 12.0 Å². The molecule has 0 saturated heterocycles. The predicted molar refractivity (Wildman–Crippen MR) is 65.2 cm³/mol. The Morgan fingerprint density at radius 3 is 2.83 bits per heavy atom. The highest BCUT2D eigenvalue weighted by atomic mass is 16.4.